The largest absolute Gasteiger partial charge is 0.504 e. The van der Waals surface area contributed by atoms with Gasteiger partial charge >= 0.3 is 11.9 Å². The maximum atomic E-state index is 12.6. The van der Waals surface area contributed by atoms with E-state index in [2.05, 4.69) is 0 Å². The summed E-state index contributed by atoms with van der Waals surface area (Å²) >= 11 is 0. The summed E-state index contributed by atoms with van der Waals surface area (Å²) in [5.74, 6) is -3.48. The van der Waals surface area contributed by atoms with Crippen molar-refractivity contribution in [2.75, 3.05) is 13.7 Å². The minimum Gasteiger partial charge on any atom is -0.504 e. The van der Waals surface area contributed by atoms with Crippen molar-refractivity contribution >= 4 is 18.0 Å². The van der Waals surface area contributed by atoms with Gasteiger partial charge in [0, 0.05) is 23.8 Å². The van der Waals surface area contributed by atoms with Gasteiger partial charge in [-0.05, 0) is 30.2 Å². The Kier molecular flexibility index (Phi) is 8.79. The molecule has 39 heavy (non-hydrogen) atoms. The number of esters is 2. The van der Waals surface area contributed by atoms with Gasteiger partial charge in [-0.2, -0.15) is 0 Å². The molecule has 1 saturated carbocycles. The van der Waals surface area contributed by atoms with Gasteiger partial charge in [0.05, 0.1) is 25.6 Å². The molecule has 1 saturated heterocycles. The Bertz CT molecular complexity index is 1120. The molecule has 13 nitrogen and oxygen atoms in total. The number of ether oxygens (including phenoxy) is 5. The molecule has 1 aromatic rings. The van der Waals surface area contributed by atoms with E-state index in [1.165, 1.54) is 37.6 Å². The van der Waals surface area contributed by atoms with Gasteiger partial charge in [-0.25, -0.2) is 9.59 Å². The van der Waals surface area contributed by atoms with E-state index in [1.54, 1.807) is 6.92 Å². The maximum Gasteiger partial charge on any atom is 0.337 e. The van der Waals surface area contributed by atoms with Crippen LogP contribution in [0, 0.1) is 17.8 Å². The van der Waals surface area contributed by atoms with Crippen molar-refractivity contribution in [3.8, 4) is 11.5 Å². The Morgan fingerprint density at radius 2 is 1.82 bits per heavy atom. The third-order valence-electron chi connectivity index (χ3n) is 7.40. The third-order valence-corrected chi connectivity index (χ3v) is 7.40. The van der Waals surface area contributed by atoms with Crippen LogP contribution >= 0.6 is 0 Å². The molecule has 4 rings (SSSR count). The molecule has 0 radical (unpaired) electrons. The topological polar surface area (TPSA) is 202 Å². The van der Waals surface area contributed by atoms with Gasteiger partial charge in [-0.15, -0.1) is 0 Å². The van der Waals surface area contributed by atoms with Crippen molar-refractivity contribution in [2.45, 2.75) is 56.4 Å². The summed E-state index contributed by atoms with van der Waals surface area (Å²) in [5, 5.41) is 59.1. The van der Waals surface area contributed by atoms with Crippen molar-refractivity contribution in [1.82, 2.24) is 0 Å². The predicted octanol–water partition coefficient (Wildman–Crippen LogP) is -0.475. The summed E-state index contributed by atoms with van der Waals surface area (Å²) in [6.07, 6.45) is -5.37. The number of hydrogen-bond donors (Lipinski definition) is 6. The summed E-state index contributed by atoms with van der Waals surface area (Å²) in [6.45, 7) is 1.14. The van der Waals surface area contributed by atoms with Crippen LogP contribution in [0.15, 0.2) is 36.1 Å². The number of carbonyl (C=O) groups is 2. The molecule has 10 unspecified atom stereocenters. The summed E-state index contributed by atoms with van der Waals surface area (Å²) in [6, 6.07) is 4.05. The van der Waals surface area contributed by atoms with E-state index in [4.69, 9.17) is 23.7 Å². The van der Waals surface area contributed by atoms with Crippen LogP contribution in [0.2, 0.25) is 0 Å². The second-order valence-electron chi connectivity index (χ2n) is 9.74. The van der Waals surface area contributed by atoms with Crippen molar-refractivity contribution in [3.05, 3.63) is 41.7 Å². The van der Waals surface area contributed by atoms with Crippen LogP contribution in [-0.2, 0) is 33.3 Å². The molecule has 1 aliphatic carbocycles. The minimum absolute atomic E-state index is 0.205. The molecular weight excluding hydrogens is 520 g/mol. The normalized spacial score (nSPS) is 36.1. The van der Waals surface area contributed by atoms with Crippen LogP contribution in [0.4, 0.5) is 0 Å². The molecule has 1 aromatic carbocycles. The lowest BCUT2D eigenvalue weighted by Crippen LogP contribution is -2.60. The van der Waals surface area contributed by atoms with Gasteiger partial charge in [0.25, 0.3) is 0 Å². The number of benzene rings is 1. The van der Waals surface area contributed by atoms with E-state index in [1.807, 2.05) is 0 Å². The SMILES string of the molecule is COC(=O)C1=COC(OC2OC(CO)C(O)C(O)C2O)C2C1CC(OC(=O)C=Cc1ccc(O)c(O)c1)C2C. The molecule has 6 N–H and O–H groups in total. The van der Waals surface area contributed by atoms with E-state index < -0.39 is 79.4 Å². The van der Waals surface area contributed by atoms with Crippen molar-refractivity contribution in [1.29, 1.82) is 0 Å². The van der Waals surface area contributed by atoms with Crippen LogP contribution in [0.3, 0.4) is 0 Å². The molecule has 13 heteroatoms. The highest BCUT2D eigenvalue weighted by molar-refractivity contribution is 5.89. The fourth-order valence-corrected chi connectivity index (χ4v) is 5.23. The Balaban J connectivity index is 1.50. The van der Waals surface area contributed by atoms with Crippen LogP contribution in [-0.4, -0.2) is 99.4 Å². The first kappa shape index (κ1) is 28.8. The number of methoxy groups -OCH3 is 1. The predicted molar refractivity (Wildman–Crippen MR) is 129 cm³/mol. The Labute approximate surface area is 223 Å². The zero-order valence-electron chi connectivity index (χ0n) is 21.2. The molecule has 0 aromatic heterocycles. The number of aliphatic hydroxyl groups is 4. The summed E-state index contributed by atoms with van der Waals surface area (Å²) in [7, 11) is 1.22. The van der Waals surface area contributed by atoms with Crippen LogP contribution in [0.5, 0.6) is 11.5 Å². The number of carbonyl (C=O) groups excluding carboxylic acids is 2. The van der Waals surface area contributed by atoms with E-state index in [0.29, 0.717) is 5.56 Å². The maximum absolute atomic E-state index is 12.6. The fourth-order valence-electron chi connectivity index (χ4n) is 5.23. The quantitative estimate of drug-likeness (QED) is 0.144. The third kappa shape index (κ3) is 5.88. The van der Waals surface area contributed by atoms with E-state index >= 15 is 0 Å². The number of aliphatic hydroxyl groups excluding tert-OH is 4. The Morgan fingerprint density at radius 3 is 2.49 bits per heavy atom. The molecule has 3 aliphatic rings. The molecule has 0 amide bonds. The molecule has 0 bridgehead atoms. The first-order valence-electron chi connectivity index (χ1n) is 12.4. The number of fused-ring (bicyclic) bond motifs is 1. The van der Waals surface area contributed by atoms with Gasteiger partial charge in [-0.1, -0.05) is 13.0 Å². The van der Waals surface area contributed by atoms with Crippen molar-refractivity contribution < 1.29 is 63.9 Å². The summed E-state index contributed by atoms with van der Waals surface area (Å²) in [4.78, 5) is 25.1. The molecule has 2 fully saturated rings. The Hall–Kier alpha value is -3.20. The zero-order chi connectivity index (χ0) is 28.4. The smallest absolute Gasteiger partial charge is 0.337 e. The van der Waals surface area contributed by atoms with E-state index in [9.17, 15) is 40.2 Å². The van der Waals surface area contributed by atoms with E-state index in [0.717, 1.165) is 6.08 Å². The lowest BCUT2D eigenvalue weighted by molar-refractivity contribution is -0.342. The lowest BCUT2D eigenvalue weighted by atomic mass is 9.83. The van der Waals surface area contributed by atoms with Crippen LogP contribution in [0.1, 0.15) is 18.9 Å². The Morgan fingerprint density at radius 1 is 1.08 bits per heavy atom. The second kappa shape index (κ2) is 11.9. The average Bonchev–Trinajstić information content (AvgIpc) is 3.25. The number of hydrogen-bond acceptors (Lipinski definition) is 13. The summed E-state index contributed by atoms with van der Waals surface area (Å²) in [5.41, 5.74) is 0.657. The highest BCUT2D eigenvalue weighted by Crippen LogP contribution is 2.48. The monoisotopic (exact) mass is 552 g/mol. The molecular formula is C26H32O13. The zero-order valence-corrected chi connectivity index (χ0v) is 21.2. The average molecular weight is 553 g/mol. The number of phenolic OH excluding ortho intramolecular Hbond substituents is 2. The number of aromatic hydroxyl groups is 2. The highest BCUT2D eigenvalue weighted by Gasteiger charge is 2.54. The molecule has 2 aliphatic heterocycles. The van der Waals surface area contributed by atoms with E-state index in [-0.39, 0.29) is 23.5 Å². The first-order valence-corrected chi connectivity index (χ1v) is 12.4. The molecule has 10 atom stereocenters. The number of phenols is 2. The lowest BCUT2D eigenvalue weighted by Gasteiger charge is -2.43. The molecule has 2 heterocycles. The number of rotatable bonds is 7. The highest BCUT2D eigenvalue weighted by atomic mass is 16.8. The minimum atomic E-state index is -1.66. The van der Waals surface area contributed by atoms with Gasteiger partial charge < -0.3 is 54.3 Å². The summed E-state index contributed by atoms with van der Waals surface area (Å²) < 4.78 is 27.5. The van der Waals surface area contributed by atoms with Crippen LogP contribution in [0.25, 0.3) is 6.08 Å². The van der Waals surface area contributed by atoms with Gasteiger partial charge in [0.1, 0.15) is 30.5 Å². The first-order chi connectivity index (χ1) is 18.5. The molecule has 0 spiro atoms. The van der Waals surface area contributed by atoms with Gasteiger partial charge in [0.2, 0.25) is 6.29 Å². The fraction of sp³-hybridized carbons (Fsp3) is 0.538. The van der Waals surface area contributed by atoms with Crippen molar-refractivity contribution in [3.63, 3.8) is 0 Å². The van der Waals surface area contributed by atoms with Crippen LogP contribution < -0.4 is 0 Å². The second-order valence-corrected chi connectivity index (χ2v) is 9.74. The van der Waals surface area contributed by atoms with Gasteiger partial charge in [-0.3, -0.25) is 0 Å². The van der Waals surface area contributed by atoms with Gasteiger partial charge in [0.15, 0.2) is 17.8 Å². The standard InChI is InChI=1S/C26H32O13/c1-11-17(37-19(30)6-4-12-3-5-15(28)16(29)7-12)8-13-14(24(34)35-2)10-36-25(20(11)13)39-26-23(33)22(32)21(31)18(9-27)38-26/h3-7,10-11,13,17-18,20-23,25-29,31-33H,8-9H2,1-2H3. The van der Waals surface area contributed by atoms with Crippen molar-refractivity contribution in [2.24, 2.45) is 17.8 Å². The molecule has 214 valence electrons.